The molecule has 94 valence electrons. The van der Waals surface area contributed by atoms with Crippen LogP contribution in [0.5, 0.6) is 0 Å². The Morgan fingerprint density at radius 2 is 2.00 bits per heavy atom. The van der Waals surface area contributed by atoms with Gasteiger partial charge in [0.25, 0.3) is 5.91 Å². The molecule has 1 amide bonds. The van der Waals surface area contributed by atoms with Gasteiger partial charge in [0.05, 0.1) is 5.69 Å². The Hall–Kier alpha value is -2.30. The highest BCUT2D eigenvalue weighted by molar-refractivity contribution is 6.08. The number of carbonyl (C=O) groups is 1. The van der Waals surface area contributed by atoms with Crippen LogP contribution in [0.3, 0.4) is 0 Å². The molecule has 1 heterocycles. The van der Waals surface area contributed by atoms with E-state index in [0.717, 1.165) is 11.3 Å². The van der Waals surface area contributed by atoms with Gasteiger partial charge in [-0.2, -0.15) is 5.10 Å². The number of nitrogens with zero attached hydrogens (tertiary/aromatic N) is 2. The standard InChI is InChI=1S/C13H16N4O/c1-8-6-4-5-7-10(8)15-13(18)11-9(2)16-17(3)12(11)14/h4-7H,14H2,1-3H3,(H,15,18). The lowest BCUT2D eigenvalue weighted by Crippen LogP contribution is -2.15. The third kappa shape index (κ3) is 2.07. The Bertz CT molecular complexity index is 601. The Morgan fingerprint density at radius 3 is 2.56 bits per heavy atom. The quantitative estimate of drug-likeness (QED) is 0.847. The topological polar surface area (TPSA) is 72.9 Å². The second-order valence-corrected chi connectivity index (χ2v) is 4.24. The number of para-hydroxylation sites is 1. The second kappa shape index (κ2) is 4.52. The number of hydrogen-bond acceptors (Lipinski definition) is 3. The maximum Gasteiger partial charge on any atom is 0.261 e. The minimum atomic E-state index is -0.229. The molecule has 0 atom stereocenters. The molecule has 1 aromatic heterocycles. The summed E-state index contributed by atoms with van der Waals surface area (Å²) in [6.07, 6.45) is 0. The van der Waals surface area contributed by atoms with Crippen LogP contribution in [0.2, 0.25) is 0 Å². The van der Waals surface area contributed by atoms with Crippen LogP contribution in [-0.2, 0) is 7.05 Å². The lowest BCUT2D eigenvalue weighted by molar-refractivity contribution is 0.102. The van der Waals surface area contributed by atoms with E-state index in [1.54, 1.807) is 14.0 Å². The zero-order chi connectivity index (χ0) is 13.3. The van der Waals surface area contributed by atoms with Crippen LogP contribution in [0.1, 0.15) is 21.6 Å². The SMILES string of the molecule is Cc1ccccc1NC(=O)c1c(C)nn(C)c1N. The van der Waals surface area contributed by atoms with Crippen molar-refractivity contribution in [2.24, 2.45) is 7.05 Å². The predicted octanol–water partition coefficient (Wildman–Crippen LogP) is 1.87. The lowest BCUT2D eigenvalue weighted by atomic mass is 10.1. The normalized spacial score (nSPS) is 10.4. The molecule has 0 aliphatic carbocycles. The van der Waals surface area contributed by atoms with Gasteiger partial charge in [-0.05, 0) is 25.5 Å². The van der Waals surface area contributed by atoms with E-state index in [-0.39, 0.29) is 5.91 Å². The lowest BCUT2D eigenvalue weighted by Gasteiger charge is -2.08. The first-order valence-electron chi connectivity index (χ1n) is 5.66. The van der Waals surface area contributed by atoms with Crippen molar-refractivity contribution in [1.82, 2.24) is 9.78 Å². The van der Waals surface area contributed by atoms with E-state index in [1.165, 1.54) is 4.68 Å². The number of hydrogen-bond donors (Lipinski definition) is 2. The van der Waals surface area contributed by atoms with Crippen molar-refractivity contribution in [3.63, 3.8) is 0 Å². The summed E-state index contributed by atoms with van der Waals surface area (Å²) in [4.78, 5) is 12.2. The molecule has 0 spiro atoms. The number of anilines is 2. The Labute approximate surface area is 106 Å². The van der Waals surface area contributed by atoms with Crippen LogP contribution in [0.15, 0.2) is 24.3 Å². The van der Waals surface area contributed by atoms with Gasteiger partial charge in [0.15, 0.2) is 0 Å². The first-order chi connectivity index (χ1) is 8.50. The minimum Gasteiger partial charge on any atom is -0.383 e. The van der Waals surface area contributed by atoms with Crippen LogP contribution in [0, 0.1) is 13.8 Å². The van der Waals surface area contributed by atoms with Gasteiger partial charge in [-0.25, -0.2) is 0 Å². The van der Waals surface area contributed by atoms with E-state index in [2.05, 4.69) is 10.4 Å². The molecule has 18 heavy (non-hydrogen) atoms. The molecule has 5 nitrogen and oxygen atoms in total. The molecule has 2 rings (SSSR count). The van der Waals surface area contributed by atoms with Crippen molar-refractivity contribution in [1.29, 1.82) is 0 Å². The highest BCUT2D eigenvalue weighted by atomic mass is 16.1. The second-order valence-electron chi connectivity index (χ2n) is 4.24. The van der Waals surface area contributed by atoms with Gasteiger partial charge in [0.1, 0.15) is 11.4 Å². The number of carbonyl (C=O) groups excluding carboxylic acids is 1. The average molecular weight is 244 g/mol. The molecule has 0 radical (unpaired) electrons. The van der Waals surface area contributed by atoms with Crippen LogP contribution < -0.4 is 11.1 Å². The maximum absolute atomic E-state index is 12.2. The van der Waals surface area contributed by atoms with Gasteiger partial charge >= 0.3 is 0 Å². The molecule has 0 aliphatic heterocycles. The van der Waals surface area contributed by atoms with Crippen molar-refractivity contribution in [3.05, 3.63) is 41.1 Å². The molecule has 3 N–H and O–H groups in total. The summed E-state index contributed by atoms with van der Waals surface area (Å²) in [5.74, 6) is 0.144. The fourth-order valence-corrected chi connectivity index (χ4v) is 1.85. The van der Waals surface area contributed by atoms with Gasteiger partial charge in [-0.15, -0.1) is 0 Å². The van der Waals surface area contributed by atoms with Crippen LogP contribution in [0.25, 0.3) is 0 Å². The predicted molar refractivity (Wildman–Crippen MR) is 71.5 cm³/mol. The number of rotatable bonds is 2. The molecule has 0 saturated carbocycles. The number of benzene rings is 1. The van der Waals surface area contributed by atoms with Crippen LogP contribution in [-0.4, -0.2) is 15.7 Å². The van der Waals surface area contributed by atoms with Crippen molar-refractivity contribution < 1.29 is 4.79 Å². The Kier molecular flexibility index (Phi) is 3.06. The first kappa shape index (κ1) is 12.2. The third-order valence-corrected chi connectivity index (χ3v) is 2.89. The molecule has 0 bridgehead atoms. The molecule has 0 aliphatic rings. The molecule has 2 aromatic rings. The number of nitrogens with two attached hydrogens (primary N) is 1. The summed E-state index contributed by atoms with van der Waals surface area (Å²) < 4.78 is 1.50. The minimum absolute atomic E-state index is 0.229. The van der Waals surface area contributed by atoms with E-state index < -0.39 is 0 Å². The molecule has 0 saturated heterocycles. The van der Waals surface area contributed by atoms with E-state index in [1.807, 2.05) is 31.2 Å². The van der Waals surface area contributed by atoms with Crippen molar-refractivity contribution in [3.8, 4) is 0 Å². The Morgan fingerprint density at radius 1 is 1.33 bits per heavy atom. The Balaban J connectivity index is 2.31. The van der Waals surface area contributed by atoms with Gasteiger partial charge in [-0.3, -0.25) is 9.48 Å². The van der Waals surface area contributed by atoms with Gasteiger partial charge < -0.3 is 11.1 Å². The largest absolute Gasteiger partial charge is 0.383 e. The van der Waals surface area contributed by atoms with E-state index >= 15 is 0 Å². The van der Waals surface area contributed by atoms with Gasteiger partial charge in [0.2, 0.25) is 0 Å². The van der Waals surface area contributed by atoms with Crippen molar-refractivity contribution in [2.45, 2.75) is 13.8 Å². The van der Waals surface area contributed by atoms with Crippen LogP contribution in [0.4, 0.5) is 11.5 Å². The fraction of sp³-hybridized carbons (Fsp3) is 0.231. The molecule has 1 aromatic carbocycles. The summed E-state index contributed by atoms with van der Waals surface area (Å²) in [6.45, 7) is 3.71. The van der Waals surface area contributed by atoms with E-state index in [9.17, 15) is 4.79 Å². The summed E-state index contributed by atoms with van der Waals surface area (Å²) in [6, 6.07) is 7.60. The summed E-state index contributed by atoms with van der Waals surface area (Å²) in [5, 5.41) is 6.98. The fourth-order valence-electron chi connectivity index (χ4n) is 1.85. The molecular formula is C13H16N4O. The van der Waals surface area contributed by atoms with Crippen molar-refractivity contribution >= 4 is 17.4 Å². The number of aromatic nitrogens is 2. The molecule has 5 heteroatoms. The number of nitrogens with one attached hydrogen (secondary N) is 1. The van der Waals surface area contributed by atoms with E-state index in [4.69, 9.17) is 5.73 Å². The van der Waals surface area contributed by atoms with Crippen LogP contribution >= 0.6 is 0 Å². The third-order valence-electron chi connectivity index (χ3n) is 2.89. The molecule has 0 unspecified atom stereocenters. The number of amides is 1. The molecular weight excluding hydrogens is 228 g/mol. The summed E-state index contributed by atoms with van der Waals surface area (Å²) in [5.41, 5.74) is 8.68. The first-order valence-corrected chi connectivity index (χ1v) is 5.66. The van der Waals surface area contributed by atoms with E-state index in [0.29, 0.717) is 17.1 Å². The average Bonchev–Trinajstić information content (AvgIpc) is 2.56. The van der Waals surface area contributed by atoms with Gasteiger partial charge in [0, 0.05) is 12.7 Å². The monoisotopic (exact) mass is 244 g/mol. The highest BCUT2D eigenvalue weighted by Gasteiger charge is 2.18. The summed E-state index contributed by atoms with van der Waals surface area (Å²) >= 11 is 0. The maximum atomic E-state index is 12.2. The number of nitrogen functional groups attached to an aromatic ring is 1. The summed E-state index contributed by atoms with van der Waals surface area (Å²) in [7, 11) is 1.72. The van der Waals surface area contributed by atoms with Crippen molar-refractivity contribution in [2.75, 3.05) is 11.1 Å². The van der Waals surface area contributed by atoms with Gasteiger partial charge in [-0.1, -0.05) is 18.2 Å². The zero-order valence-corrected chi connectivity index (χ0v) is 10.7. The molecule has 0 fully saturated rings. The zero-order valence-electron chi connectivity index (χ0n) is 10.7. The smallest absolute Gasteiger partial charge is 0.261 e. The highest BCUT2D eigenvalue weighted by Crippen LogP contribution is 2.19. The number of aryl methyl sites for hydroxylation is 3.